The molecule has 0 radical (unpaired) electrons. The summed E-state index contributed by atoms with van der Waals surface area (Å²) in [6.07, 6.45) is 2.81. The van der Waals surface area contributed by atoms with Gasteiger partial charge in [0.25, 0.3) is 0 Å². The van der Waals surface area contributed by atoms with Crippen molar-refractivity contribution in [2.24, 2.45) is 5.41 Å². The minimum absolute atomic E-state index is 0.179. The van der Waals surface area contributed by atoms with E-state index in [-0.39, 0.29) is 19.9 Å². The van der Waals surface area contributed by atoms with Crippen LogP contribution in [-0.4, -0.2) is 24.5 Å². The third kappa shape index (κ3) is 3.33. The van der Waals surface area contributed by atoms with Gasteiger partial charge < -0.3 is 0 Å². The number of hydrogen-bond donors (Lipinski definition) is 0. The number of hydrogen-bond acceptors (Lipinski definition) is 2. The van der Waals surface area contributed by atoms with Gasteiger partial charge in [-0.1, -0.05) is 0 Å². The van der Waals surface area contributed by atoms with Gasteiger partial charge in [0.2, 0.25) is 0 Å². The average Bonchev–Trinajstić information content (AvgIpc) is 3.16. The Bertz CT molecular complexity index is 1640. The number of rotatable bonds is 2. The number of nitrogens with zero attached hydrogens (tertiary/aromatic N) is 2. The molecular formula is C29H24N2Se. The molecule has 6 rings (SSSR count). The molecule has 156 valence electrons. The molecule has 6 aromatic rings. The summed E-state index contributed by atoms with van der Waals surface area (Å²) in [4.78, 5) is 9.48. The van der Waals surface area contributed by atoms with E-state index in [1.807, 2.05) is 0 Å². The van der Waals surface area contributed by atoms with Crippen LogP contribution in [0.5, 0.6) is 0 Å². The fourth-order valence-electron chi connectivity index (χ4n) is 4.68. The summed E-state index contributed by atoms with van der Waals surface area (Å²) in [5.74, 6) is 0. The second kappa shape index (κ2) is 7.27. The van der Waals surface area contributed by atoms with Crippen molar-refractivity contribution in [2.45, 2.75) is 27.2 Å². The van der Waals surface area contributed by atoms with Crippen molar-refractivity contribution in [3.8, 4) is 11.3 Å². The first kappa shape index (κ1) is 19.7. The van der Waals surface area contributed by atoms with Crippen LogP contribution in [0.15, 0.2) is 79.1 Å². The molecular weight excluding hydrogens is 455 g/mol. The molecule has 2 heterocycles. The Kier molecular flexibility index (Phi) is 4.47. The SMILES string of the molecule is CC(C)(C)Cc1ccc2c(ccc3c4ncnc(-c5ccc6ccccc6c5)c4[se]c23)c1. The molecule has 3 heteroatoms. The van der Waals surface area contributed by atoms with Crippen LogP contribution in [-0.2, 0) is 6.42 Å². The molecule has 0 aliphatic carbocycles. The van der Waals surface area contributed by atoms with Crippen LogP contribution in [0.4, 0.5) is 0 Å². The molecule has 0 bridgehead atoms. The first-order chi connectivity index (χ1) is 15.5. The van der Waals surface area contributed by atoms with Gasteiger partial charge in [-0.3, -0.25) is 0 Å². The Labute approximate surface area is 193 Å². The maximum atomic E-state index is 4.75. The second-order valence-corrected chi connectivity index (χ2v) is 11.9. The van der Waals surface area contributed by atoms with E-state index in [4.69, 9.17) is 9.97 Å². The van der Waals surface area contributed by atoms with Gasteiger partial charge in [-0.25, -0.2) is 0 Å². The summed E-state index contributed by atoms with van der Waals surface area (Å²) in [6.45, 7) is 6.89. The zero-order valence-corrected chi connectivity index (χ0v) is 20.2. The molecule has 0 saturated heterocycles. The van der Waals surface area contributed by atoms with E-state index < -0.39 is 0 Å². The summed E-state index contributed by atoms with van der Waals surface area (Å²) in [7, 11) is 0. The average molecular weight is 479 g/mol. The van der Waals surface area contributed by atoms with Crippen LogP contribution in [0, 0.1) is 5.41 Å². The van der Waals surface area contributed by atoms with E-state index in [9.17, 15) is 0 Å². The van der Waals surface area contributed by atoms with E-state index in [0.717, 1.165) is 17.6 Å². The van der Waals surface area contributed by atoms with Crippen molar-refractivity contribution >= 4 is 55.5 Å². The Hall–Kier alpha value is -3.00. The van der Waals surface area contributed by atoms with Gasteiger partial charge >= 0.3 is 194 Å². The van der Waals surface area contributed by atoms with Gasteiger partial charge in [0, 0.05) is 0 Å². The quantitative estimate of drug-likeness (QED) is 0.242. The molecule has 0 saturated carbocycles. The van der Waals surface area contributed by atoms with Gasteiger partial charge in [-0.05, 0) is 0 Å². The molecule has 0 N–H and O–H groups in total. The summed E-state index contributed by atoms with van der Waals surface area (Å²) >= 11 is 0.179. The van der Waals surface area contributed by atoms with Gasteiger partial charge in [-0.2, -0.15) is 0 Å². The summed E-state index contributed by atoms with van der Waals surface area (Å²) < 4.78 is 2.74. The molecule has 2 aromatic heterocycles. The third-order valence-electron chi connectivity index (χ3n) is 6.06. The minimum atomic E-state index is 0.179. The van der Waals surface area contributed by atoms with Gasteiger partial charge in [0.05, 0.1) is 0 Å². The Morgan fingerprint density at radius 3 is 2.34 bits per heavy atom. The van der Waals surface area contributed by atoms with Crippen LogP contribution in [0.1, 0.15) is 26.3 Å². The van der Waals surface area contributed by atoms with Crippen molar-refractivity contribution < 1.29 is 0 Å². The van der Waals surface area contributed by atoms with Crippen molar-refractivity contribution in [3.63, 3.8) is 0 Å². The van der Waals surface area contributed by atoms with E-state index >= 15 is 0 Å². The zero-order chi connectivity index (χ0) is 21.9. The Morgan fingerprint density at radius 1 is 0.719 bits per heavy atom. The number of fused-ring (bicyclic) bond motifs is 6. The van der Waals surface area contributed by atoms with Crippen molar-refractivity contribution in [3.05, 3.63) is 84.7 Å². The molecule has 0 aliphatic heterocycles. The van der Waals surface area contributed by atoms with Crippen LogP contribution >= 0.6 is 0 Å². The molecule has 0 fully saturated rings. The first-order valence-corrected chi connectivity index (χ1v) is 12.8. The predicted molar refractivity (Wildman–Crippen MR) is 138 cm³/mol. The van der Waals surface area contributed by atoms with Crippen LogP contribution in [0.3, 0.4) is 0 Å². The molecule has 0 amide bonds. The first-order valence-electron chi connectivity index (χ1n) is 11.0. The van der Waals surface area contributed by atoms with Crippen molar-refractivity contribution in [1.29, 1.82) is 0 Å². The van der Waals surface area contributed by atoms with Crippen LogP contribution in [0.25, 0.3) is 52.2 Å². The van der Waals surface area contributed by atoms with Gasteiger partial charge in [0.15, 0.2) is 0 Å². The number of benzene rings is 4. The van der Waals surface area contributed by atoms with E-state index in [0.29, 0.717) is 0 Å². The molecule has 4 aromatic carbocycles. The maximum absolute atomic E-state index is 4.75. The Morgan fingerprint density at radius 2 is 1.50 bits per heavy atom. The zero-order valence-electron chi connectivity index (χ0n) is 18.5. The molecule has 0 atom stereocenters. The van der Waals surface area contributed by atoms with Crippen molar-refractivity contribution in [2.75, 3.05) is 0 Å². The second-order valence-electron chi connectivity index (χ2n) is 9.80. The molecule has 2 nitrogen and oxygen atoms in total. The molecule has 0 aliphatic rings. The van der Waals surface area contributed by atoms with E-state index in [1.54, 1.807) is 6.33 Å². The Balaban J connectivity index is 1.56. The summed E-state index contributed by atoms with van der Waals surface area (Å²) in [5, 5.41) is 6.48. The normalized spacial score (nSPS) is 12.3. The summed E-state index contributed by atoms with van der Waals surface area (Å²) in [6, 6.07) is 26.7. The van der Waals surface area contributed by atoms with Gasteiger partial charge in [0.1, 0.15) is 0 Å². The van der Waals surface area contributed by atoms with E-state index in [2.05, 4.69) is 93.6 Å². The topological polar surface area (TPSA) is 25.8 Å². The van der Waals surface area contributed by atoms with Crippen molar-refractivity contribution in [1.82, 2.24) is 9.97 Å². The molecule has 32 heavy (non-hydrogen) atoms. The predicted octanol–water partition coefficient (Wildman–Crippen LogP) is 7.40. The van der Waals surface area contributed by atoms with Crippen LogP contribution in [0.2, 0.25) is 0 Å². The number of aromatic nitrogens is 2. The van der Waals surface area contributed by atoms with Crippen LogP contribution < -0.4 is 0 Å². The molecule has 0 unspecified atom stereocenters. The third-order valence-corrected chi connectivity index (χ3v) is 8.65. The molecule has 0 spiro atoms. The monoisotopic (exact) mass is 480 g/mol. The standard InChI is InChI=1S/C29H24N2Se/c1-29(2,3)16-18-8-12-23-21(14-18)11-13-24-26-28(32-27(23)24)25(30-17-31-26)22-10-9-19-6-4-5-7-20(19)15-22/h4-15,17H,16H2,1-3H3. The van der Waals surface area contributed by atoms with Gasteiger partial charge in [-0.15, -0.1) is 0 Å². The fraction of sp³-hybridized carbons (Fsp3) is 0.172. The fourth-order valence-corrected chi connectivity index (χ4v) is 7.41. The summed E-state index contributed by atoms with van der Waals surface area (Å²) in [5.41, 5.74) is 5.06. The van der Waals surface area contributed by atoms with E-state index in [1.165, 1.54) is 46.6 Å².